The summed E-state index contributed by atoms with van der Waals surface area (Å²) in [7, 11) is 1.67. The molecule has 1 N–H and O–H groups in total. The first-order valence-corrected chi connectivity index (χ1v) is 10.9. The van der Waals surface area contributed by atoms with Crippen molar-refractivity contribution in [3.05, 3.63) is 86.8 Å². The van der Waals surface area contributed by atoms with Crippen LogP contribution < -0.4 is 19.5 Å². The van der Waals surface area contributed by atoms with Gasteiger partial charge in [0.15, 0.2) is 11.5 Å². The summed E-state index contributed by atoms with van der Waals surface area (Å²) in [6.07, 6.45) is 0. The van der Waals surface area contributed by atoms with Crippen molar-refractivity contribution in [2.24, 2.45) is 0 Å². The maximum Gasteiger partial charge on any atom is 0.175 e. The van der Waals surface area contributed by atoms with Crippen molar-refractivity contribution < 1.29 is 14.2 Å². The number of halogens is 3. The number of hydrogen-bond donors (Lipinski definition) is 1. The van der Waals surface area contributed by atoms with Crippen LogP contribution in [0.4, 0.5) is 0 Å². The average molecular weight is 527 g/mol. The van der Waals surface area contributed by atoms with Crippen LogP contribution in [0.15, 0.2) is 65.1 Å². The second kappa shape index (κ2) is 12.8. The van der Waals surface area contributed by atoms with Gasteiger partial charge in [0.2, 0.25) is 0 Å². The maximum absolute atomic E-state index is 6.05. The van der Waals surface area contributed by atoms with E-state index < -0.39 is 0 Å². The van der Waals surface area contributed by atoms with E-state index in [4.69, 9.17) is 25.8 Å². The number of hydrogen-bond acceptors (Lipinski definition) is 4. The SMILES string of the molecule is CCOc1cc(CNCc2ccc(OC)cc2)cc(Br)c1OCc1ccc(Cl)cc1.Cl. The van der Waals surface area contributed by atoms with E-state index in [9.17, 15) is 0 Å². The molecule has 0 saturated carbocycles. The lowest BCUT2D eigenvalue weighted by Gasteiger charge is -2.16. The molecule has 3 aromatic rings. The third-order valence-corrected chi connectivity index (χ3v) is 5.32. The van der Waals surface area contributed by atoms with Crippen LogP contribution in [0.5, 0.6) is 17.2 Å². The minimum Gasteiger partial charge on any atom is -0.497 e. The summed E-state index contributed by atoms with van der Waals surface area (Å²) in [5.41, 5.74) is 3.35. The predicted molar refractivity (Wildman–Crippen MR) is 132 cm³/mol. The van der Waals surface area contributed by atoms with Gasteiger partial charge in [-0.1, -0.05) is 35.9 Å². The van der Waals surface area contributed by atoms with Gasteiger partial charge in [0.1, 0.15) is 12.4 Å². The first kappa shape index (κ1) is 25.3. The molecule has 0 aromatic heterocycles. The maximum atomic E-state index is 6.05. The molecule has 0 fully saturated rings. The summed E-state index contributed by atoms with van der Waals surface area (Å²) >= 11 is 9.59. The Morgan fingerprint density at radius 3 is 2.16 bits per heavy atom. The van der Waals surface area contributed by atoms with Crippen LogP contribution in [0.25, 0.3) is 0 Å². The highest BCUT2D eigenvalue weighted by Gasteiger charge is 2.13. The van der Waals surface area contributed by atoms with E-state index in [2.05, 4.69) is 39.4 Å². The fourth-order valence-corrected chi connectivity index (χ4v) is 3.69. The molecular weight excluding hydrogens is 501 g/mol. The summed E-state index contributed by atoms with van der Waals surface area (Å²) in [4.78, 5) is 0. The highest BCUT2D eigenvalue weighted by Crippen LogP contribution is 2.37. The quantitative estimate of drug-likeness (QED) is 0.315. The molecule has 31 heavy (non-hydrogen) atoms. The molecule has 0 bridgehead atoms. The topological polar surface area (TPSA) is 39.7 Å². The van der Waals surface area contributed by atoms with Gasteiger partial charge >= 0.3 is 0 Å². The molecule has 0 unspecified atom stereocenters. The van der Waals surface area contributed by atoms with Gasteiger partial charge in [0, 0.05) is 18.1 Å². The Labute approximate surface area is 203 Å². The summed E-state index contributed by atoms with van der Waals surface area (Å²) in [5, 5.41) is 4.17. The van der Waals surface area contributed by atoms with Crippen LogP contribution in [0, 0.1) is 0 Å². The number of ether oxygens (including phenoxy) is 3. The molecular formula is C24H26BrCl2NO3. The highest BCUT2D eigenvalue weighted by molar-refractivity contribution is 9.10. The van der Waals surface area contributed by atoms with Crippen LogP contribution in [-0.2, 0) is 19.7 Å². The Hall–Kier alpha value is -1.92. The summed E-state index contributed by atoms with van der Waals surface area (Å²) in [6.45, 7) is 4.44. The summed E-state index contributed by atoms with van der Waals surface area (Å²) < 4.78 is 18.0. The monoisotopic (exact) mass is 525 g/mol. The minimum atomic E-state index is 0. The normalized spacial score (nSPS) is 10.3. The molecule has 0 heterocycles. The Bertz CT molecular complexity index is 950. The molecule has 7 heteroatoms. The van der Waals surface area contributed by atoms with Gasteiger partial charge in [0.25, 0.3) is 0 Å². The van der Waals surface area contributed by atoms with Gasteiger partial charge in [-0.25, -0.2) is 0 Å². The Balaban J connectivity index is 0.00000341. The third kappa shape index (κ3) is 7.62. The molecule has 0 amide bonds. The summed E-state index contributed by atoms with van der Waals surface area (Å²) in [6, 6.07) is 19.7. The molecule has 4 nitrogen and oxygen atoms in total. The van der Waals surface area contributed by atoms with Gasteiger partial charge in [0.05, 0.1) is 18.2 Å². The first-order chi connectivity index (χ1) is 14.6. The van der Waals surface area contributed by atoms with Gasteiger partial charge in [-0.15, -0.1) is 12.4 Å². The average Bonchev–Trinajstić information content (AvgIpc) is 2.75. The van der Waals surface area contributed by atoms with Crippen LogP contribution in [0.3, 0.4) is 0 Å². The predicted octanol–water partition coefficient (Wildman–Crippen LogP) is 6.80. The molecule has 0 aliphatic heterocycles. The van der Waals surface area contributed by atoms with Gasteiger partial charge in [-0.05, 0) is 75.9 Å². The second-order valence-corrected chi connectivity index (χ2v) is 8.00. The van der Waals surface area contributed by atoms with Gasteiger partial charge in [-0.3, -0.25) is 0 Å². The smallest absolute Gasteiger partial charge is 0.175 e. The van der Waals surface area contributed by atoms with Crippen LogP contribution in [-0.4, -0.2) is 13.7 Å². The van der Waals surface area contributed by atoms with Gasteiger partial charge in [-0.2, -0.15) is 0 Å². The van der Waals surface area contributed by atoms with Crippen LogP contribution in [0.1, 0.15) is 23.6 Å². The van der Waals surface area contributed by atoms with Crippen molar-refractivity contribution in [3.8, 4) is 17.2 Å². The molecule has 0 saturated heterocycles. The first-order valence-electron chi connectivity index (χ1n) is 9.75. The third-order valence-electron chi connectivity index (χ3n) is 4.48. The molecule has 3 aromatic carbocycles. The van der Waals surface area contributed by atoms with Crippen LogP contribution >= 0.6 is 39.9 Å². The molecule has 166 valence electrons. The van der Waals surface area contributed by atoms with E-state index in [0.717, 1.165) is 33.6 Å². The number of methoxy groups -OCH3 is 1. The van der Waals surface area contributed by atoms with Crippen molar-refractivity contribution in [1.29, 1.82) is 0 Å². The zero-order chi connectivity index (χ0) is 21.3. The minimum absolute atomic E-state index is 0. The number of nitrogens with one attached hydrogen (secondary N) is 1. The zero-order valence-electron chi connectivity index (χ0n) is 17.5. The number of benzene rings is 3. The molecule has 0 aliphatic carbocycles. The van der Waals surface area contributed by atoms with Crippen molar-refractivity contribution in [1.82, 2.24) is 5.32 Å². The molecule has 0 aliphatic rings. The van der Waals surface area contributed by atoms with Crippen molar-refractivity contribution in [2.45, 2.75) is 26.6 Å². The highest BCUT2D eigenvalue weighted by atomic mass is 79.9. The van der Waals surface area contributed by atoms with Crippen LogP contribution in [0.2, 0.25) is 5.02 Å². The number of rotatable bonds is 10. The largest absolute Gasteiger partial charge is 0.497 e. The van der Waals surface area contributed by atoms with Crippen molar-refractivity contribution in [2.75, 3.05) is 13.7 Å². The van der Waals surface area contributed by atoms with Gasteiger partial charge < -0.3 is 19.5 Å². The van der Waals surface area contributed by atoms with E-state index in [1.54, 1.807) is 7.11 Å². The standard InChI is InChI=1S/C24H25BrClNO3.ClH/c1-3-29-23-13-19(15-27-14-17-6-10-21(28-2)11-7-17)12-22(25)24(23)30-16-18-4-8-20(26)9-5-18;/h4-13,27H,3,14-16H2,1-2H3;1H. The second-order valence-electron chi connectivity index (χ2n) is 6.70. The van der Waals surface area contributed by atoms with Crippen molar-refractivity contribution >= 4 is 39.9 Å². The molecule has 3 rings (SSSR count). The van der Waals surface area contributed by atoms with E-state index in [-0.39, 0.29) is 12.4 Å². The lowest BCUT2D eigenvalue weighted by Crippen LogP contribution is -2.13. The molecule has 0 spiro atoms. The molecule has 0 atom stereocenters. The fraction of sp³-hybridized carbons (Fsp3) is 0.250. The van der Waals surface area contributed by atoms with E-state index in [1.807, 2.05) is 49.4 Å². The fourth-order valence-electron chi connectivity index (χ4n) is 2.96. The lowest BCUT2D eigenvalue weighted by atomic mass is 10.1. The zero-order valence-corrected chi connectivity index (χ0v) is 20.6. The van der Waals surface area contributed by atoms with Crippen molar-refractivity contribution in [3.63, 3.8) is 0 Å². The Morgan fingerprint density at radius 2 is 1.52 bits per heavy atom. The van der Waals surface area contributed by atoms with E-state index >= 15 is 0 Å². The Kier molecular flexibility index (Phi) is 10.5. The Morgan fingerprint density at radius 1 is 0.871 bits per heavy atom. The van der Waals surface area contributed by atoms with E-state index in [1.165, 1.54) is 5.56 Å². The van der Waals surface area contributed by atoms with E-state index in [0.29, 0.717) is 30.5 Å². The lowest BCUT2D eigenvalue weighted by molar-refractivity contribution is 0.267. The summed E-state index contributed by atoms with van der Waals surface area (Å²) in [5.74, 6) is 2.28. The molecule has 0 radical (unpaired) electrons.